The highest BCUT2D eigenvalue weighted by molar-refractivity contribution is 7.26. The zero-order chi connectivity index (χ0) is 33.0. The van der Waals surface area contributed by atoms with E-state index in [1.807, 2.05) is 11.3 Å². The maximum Gasteiger partial charge on any atom is 0.0726 e. The molecule has 0 amide bonds. The van der Waals surface area contributed by atoms with E-state index in [9.17, 15) is 0 Å². The Morgan fingerprint density at radius 2 is 0.961 bits per heavy atom. The van der Waals surface area contributed by atoms with Gasteiger partial charge < -0.3 is 4.57 Å². The largest absolute Gasteiger partial charge is 0.307 e. The lowest BCUT2D eigenvalue weighted by Crippen LogP contribution is -2.25. The van der Waals surface area contributed by atoms with Gasteiger partial charge in [-0.3, -0.25) is 0 Å². The van der Waals surface area contributed by atoms with Gasteiger partial charge in [-0.15, -0.1) is 11.3 Å². The van der Waals surface area contributed by atoms with Crippen LogP contribution in [-0.2, 0) is 5.41 Å². The van der Waals surface area contributed by atoms with Gasteiger partial charge in [0.25, 0.3) is 0 Å². The van der Waals surface area contributed by atoms with Gasteiger partial charge in [0.15, 0.2) is 0 Å². The minimum atomic E-state index is -0.384. The molecule has 0 fully saturated rings. The molecule has 0 aliphatic heterocycles. The molecule has 0 saturated heterocycles. The van der Waals surface area contributed by atoms with E-state index in [1.165, 1.54) is 114 Å². The lowest BCUT2D eigenvalue weighted by molar-refractivity contribution is 0.794. The van der Waals surface area contributed by atoms with Crippen molar-refractivity contribution in [3.8, 4) is 27.9 Å². The molecule has 13 rings (SSSR count). The molecule has 11 aromatic rings. The highest BCUT2D eigenvalue weighted by atomic mass is 32.1. The number of benzene rings is 9. The molecule has 0 radical (unpaired) electrons. The van der Waals surface area contributed by atoms with Gasteiger partial charge in [-0.1, -0.05) is 146 Å². The van der Waals surface area contributed by atoms with Gasteiger partial charge in [0.05, 0.1) is 26.8 Å². The SMILES string of the molecule is c1ccc2c(c1)-c1ccccc1C21c2ccccc2-c2c1ccc1c3ccccc3n(-c3ccc4c5ccccc5c5cccc6sc3c4c65)c21. The summed E-state index contributed by atoms with van der Waals surface area (Å²) in [5.41, 5.74) is 14.3. The maximum absolute atomic E-state index is 2.61. The van der Waals surface area contributed by atoms with E-state index >= 15 is 0 Å². The molecule has 2 aliphatic carbocycles. The molecule has 1 spiro atoms. The normalized spacial score (nSPS) is 14.0. The lowest BCUT2D eigenvalue weighted by atomic mass is 9.70. The van der Waals surface area contributed by atoms with Crippen molar-refractivity contribution in [3.63, 3.8) is 0 Å². The van der Waals surface area contributed by atoms with Crippen molar-refractivity contribution < 1.29 is 0 Å². The fourth-order valence-electron chi connectivity index (χ4n) is 10.4. The Hall–Kier alpha value is -6.22. The van der Waals surface area contributed by atoms with Crippen molar-refractivity contribution in [3.05, 3.63) is 186 Å². The van der Waals surface area contributed by atoms with Crippen LogP contribution in [0, 0.1) is 0 Å². The zero-order valence-electron chi connectivity index (χ0n) is 27.4. The predicted molar refractivity (Wildman–Crippen MR) is 216 cm³/mol. The summed E-state index contributed by atoms with van der Waals surface area (Å²) in [6, 6.07) is 61.9. The Labute approximate surface area is 297 Å². The van der Waals surface area contributed by atoms with E-state index < -0.39 is 0 Å². The van der Waals surface area contributed by atoms with Gasteiger partial charge >= 0.3 is 0 Å². The standard InChI is InChI=1S/C49H27NS/c1-2-13-29-28(12-1)33-18-11-23-43-45(33)46-34(29)25-27-42(48(46)51-43)50-41-22-10-6-16-32(41)35-24-26-40-44(47(35)50)36-17-5-9-21-39(36)49(40)37-19-7-3-14-30(37)31-15-4-8-20-38(31)49/h1-27H. The molecule has 9 aromatic carbocycles. The third-order valence-electron chi connectivity index (χ3n) is 12.2. The number of hydrogen-bond donors (Lipinski definition) is 0. The quantitative estimate of drug-likeness (QED) is 0.154. The number of thiophene rings is 1. The number of rotatable bonds is 1. The summed E-state index contributed by atoms with van der Waals surface area (Å²) in [5, 5.41) is 10.7. The van der Waals surface area contributed by atoms with Gasteiger partial charge in [0.1, 0.15) is 0 Å². The molecular formula is C49H27NS. The van der Waals surface area contributed by atoms with Crippen LogP contribution in [0.3, 0.4) is 0 Å². The van der Waals surface area contributed by atoms with Crippen molar-refractivity contribution in [1.29, 1.82) is 0 Å². The number of para-hydroxylation sites is 1. The summed E-state index contributed by atoms with van der Waals surface area (Å²) < 4.78 is 5.31. The molecule has 0 saturated carbocycles. The Bertz CT molecular complexity index is 3270. The second kappa shape index (κ2) is 9.11. The molecule has 234 valence electrons. The molecule has 0 bridgehead atoms. The van der Waals surface area contributed by atoms with Crippen molar-refractivity contribution in [2.24, 2.45) is 0 Å². The van der Waals surface area contributed by atoms with Gasteiger partial charge in [-0.25, -0.2) is 0 Å². The van der Waals surface area contributed by atoms with Gasteiger partial charge in [0.2, 0.25) is 0 Å². The van der Waals surface area contributed by atoms with Gasteiger partial charge in [-0.2, -0.15) is 0 Å². The Morgan fingerprint density at radius 3 is 1.71 bits per heavy atom. The van der Waals surface area contributed by atoms with E-state index in [1.54, 1.807) is 0 Å². The molecule has 0 unspecified atom stereocenters. The highest BCUT2D eigenvalue weighted by Crippen LogP contribution is 2.64. The van der Waals surface area contributed by atoms with Gasteiger partial charge in [0, 0.05) is 31.8 Å². The van der Waals surface area contributed by atoms with Crippen LogP contribution in [0.25, 0.3) is 91.5 Å². The first-order valence-corrected chi connectivity index (χ1v) is 18.6. The first-order valence-electron chi connectivity index (χ1n) is 17.8. The van der Waals surface area contributed by atoms with Crippen LogP contribution in [0.4, 0.5) is 0 Å². The van der Waals surface area contributed by atoms with E-state index in [2.05, 4.69) is 168 Å². The third-order valence-corrected chi connectivity index (χ3v) is 13.3. The van der Waals surface area contributed by atoms with Crippen molar-refractivity contribution in [1.82, 2.24) is 4.57 Å². The summed E-state index contributed by atoms with van der Waals surface area (Å²) in [4.78, 5) is 0. The molecule has 51 heavy (non-hydrogen) atoms. The predicted octanol–water partition coefficient (Wildman–Crippen LogP) is 13.2. The maximum atomic E-state index is 2.61. The van der Waals surface area contributed by atoms with Gasteiger partial charge in [-0.05, 0) is 78.7 Å². The van der Waals surface area contributed by atoms with Crippen LogP contribution in [-0.4, -0.2) is 4.57 Å². The number of aromatic nitrogens is 1. The summed E-state index contributed by atoms with van der Waals surface area (Å²) >= 11 is 1.94. The Balaban J connectivity index is 1.24. The summed E-state index contributed by atoms with van der Waals surface area (Å²) in [5.74, 6) is 0. The second-order valence-corrected chi connectivity index (χ2v) is 15.3. The minimum Gasteiger partial charge on any atom is -0.307 e. The number of hydrogen-bond acceptors (Lipinski definition) is 1. The average Bonchev–Trinajstić information content (AvgIpc) is 3.92. The van der Waals surface area contributed by atoms with E-state index in [0.717, 1.165) is 0 Å². The summed E-state index contributed by atoms with van der Waals surface area (Å²) in [6.07, 6.45) is 0. The van der Waals surface area contributed by atoms with Crippen molar-refractivity contribution in [2.75, 3.05) is 0 Å². The van der Waals surface area contributed by atoms with Crippen LogP contribution < -0.4 is 0 Å². The van der Waals surface area contributed by atoms with Crippen LogP contribution in [0.1, 0.15) is 22.3 Å². The molecule has 2 heteroatoms. The topological polar surface area (TPSA) is 4.93 Å². The Kier molecular flexibility index (Phi) is 4.76. The fraction of sp³-hybridized carbons (Fsp3) is 0.0204. The zero-order valence-corrected chi connectivity index (χ0v) is 28.3. The molecular weight excluding hydrogens is 635 g/mol. The molecule has 2 aliphatic rings. The first-order chi connectivity index (χ1) is 25.3. The highest BCUT2D eigenvalue weighted by Gasteiger charge is 2.52. The van der Waals surface area contributed by atoms with E-state index in [0.29, 0.717) is 0 Å². The smallest absolute Gasteiger partial charge is 0.0726 e. The second-order valence-electron chi connectivity index (χ2n) is 14.3. The van der Waals surface area contributed by atoms with Crippen LogP contribution in [0.15, 0.2) is 164 Å². The third kappa shape index (κ3) is 2.96. The average molecular weight is 662 g/mol. The Morgan fingerprint density at radius 1 is 0.392 bits per heavy atom. The lowest BCUT2D eigenvalue weighted by Gasteiger charge is -2.30. The molecule has 1 nitrogen and oxygen atoms in total. The summed E-state index contributed by atoms with van der Waals surface area (Å²) in [7, 11) is 0. The molecule has 0 N–H and O–H groups in total. The van der Waals surface area contributed by atoms with Crippen LogP contribution in [0.2, 0.25) is 0 Å². The van der Waals surface area contributed by atoms with E-state index in [-0.39, 0.29) is 5.41 Å². The first kappa shape index (κ1) is 26.6. The molecule has 2 heterocycles. The molecule has 2 aromatic heterocycles. The summed E-state index contributed by atoms with van der Waals surface area (Å²) in [6.45, 7) is 0. The number of fused-ring (bicyclic) bond motifs is 17. The van der Waals surface area contributed by atoms with Crippen molar-refractivity contribution >= 4 is 74.9 Å². The molecule has 0 atom stereocenters. The fourth-order valence-corrected chi connectivity index (χ4v) is 11.6. The van der Waals surface area contributed by atoms with Crippen molar-refractivity contribution in [2.45, 2.75) is 5.41 Å². The monoisotopic (exact) mass is 661 g/mol. The number of nitrogens with zero attached hydrogens (tertiary/aromatic N) is 1. The van der Waals surface area contributed by atoms with Crippen LogP contribution >= 0.6 is 11.3 Å². The van der Waals surface area contributed by atoms with E-state index in [4.69, 9.17) is 0 Å². The minimum absolute atomic E-state index is 0.384. The van der Waals surface area contributed by atoms with Crippen LogP contribution in [0.5, 0.6) is 0 Å².